The van der Waals surface area contributed by atoms with Crippen molar-refractivity contribution in [1.82, 2.24) is 4.31 Å². The third-order valence-electron chi connectivity index (χ3n) is 10.3. The molecule has 2 N–H and O–H groups in total. The molecule has 4 aliphatic rings. The molecule has 0 spiro atoms. The Morgan fingerprint density at radius 2 is 1.69 bits per heavy atom. The average Bonchev–Trinajstić information content (AvgIpc) is 3.09. The number of hydrogen-bond acceptors (Lipinski definition) is 5. The van der Waals surface area contributed by atoms with Gasteiger partial charge in [0.25, 0.3) is 0 Å². The van der Waals surface area contributed by atoms with Crippen molar-refractivity contribution >= 4 is 10.0 Å². The molecule has 0 unspecified atom stereocenters. The topological polar surface area (TPSA) is 87.1 Å². The molecule has 39 heavy (non-hydrogen) atoms. The highest BCUT2D eigenvalue weighted by Gasteiger charge is 2.62. The van der Waals surface area contributed by atoms with Crippen LogP contribution in [0.1, 0.15) is 64.4 Å². The Morgan fingerprint density at radius 1 is 1.03 bits per heavy atom. The summed E-state index contributed by atoms with van der Waals surface area (Å²) in [7, 11) is -3.73. The SMILES string of the molecule is C[C@]12CC[C@H](O)CC1=CC=C1[C@@H]2CC[C@@]2(C)[C@H]1CC[C@@]2(O)CN(Cc1ccc(OC(F)(F)F)cc1)S(C)(=O)=O. The zero-order valence-corrected chi connectivity index (χ0v) is 23.5. The first-order chi connectivity index (χ1) is 18.0. The second-order valence-electron chi connectivity index (χ2n) is 12.5. The van der Waals surface area contributed by atoms with Crippen molar-refractivity contribution in [2.24, 2.45) is 22.7 Å². The lowest BCUT2D eigenvalue weighted by Gasteiger charge is -2.56. The Balaban J connectivity index is 1.38. The third-order valence-corrected chi connectivity index (χ3v) is 11.5. The van der Waals surface area contributed by atoms with E-state index in [1.165, 1.54) is 27.6 Å². The lowest BCUT2D eigenvalue weighted by molar-refractivity contribution is -0.274. The number of hydrogen-bond donors (Lipinski definition) is 2. The summed E-state index contributed by atoms with van der Waals surface area (Å²) in [6.45, 7) is 4.24. The number of nitrogens with zero attached hydrogens (tertiary/aromatic N) is 1. The lowest BCUT2D eigenvalue weighted by Crippen LogP contribution is -2.56. The predicted molar refractivity (Wildman–Crippen MR) is 141 cm³/mol. The number of sulfonamides is 1. The number of aliphatic hydroxyl groups is 2. The number of benzene rings is 1. The largest absolute Gasteiger partial charge is 0.573 e. The summed E-state index contributed by atoms with van der Waals surface area (Å²) < 4.78 is 68.4. The van der Waals surface area contributed by atoms with E-state index in [-0.39, 0.29) is 36.3 Å². The molecule has 0 saturated heterocycles. The molecule has 3 saturated carbocycles. The molecule has 3 fully saturated rings. The fraction of sp³-hybridized carbons (Fsp3) is 0.655. The van der Waals surface area contributed by atoms with Gasteiger partial charge < -0.3 is 14.9 Å². The smallest absolute Gasteiger partial charge is 0.406 e. The van der Waals surface area contributed by atoms with Crippen molar-refractivity contribution < 1.29 is 36.5 Å². The molecular formula is C29H38F3NO5S. The fourth-order valence-corrected chi connectivity index (χ4v) is 8.77. The molecule has 6 atom stereocenters. The Hall–Kier alpha value is -1.88. The van der Waals surface area contributed by atoms with Crippen molar-refractivity contribution in [2.75, 3.05) is 12.8 Å². The summed E-state index contributed by atoms with van der Waals surface area (Å²) in [6.07, 6.45) is 5.68. The molecule has 216 valence electrons. The average molecular weight is 570 g/mol. The zero-order valence-electron chi connectivity index (χ0n) is 22.7. The highest BCUT2D eigenvalue weighted by Crippen LogP contribution is 2.66. The first-order valence-electron chi connectivity index (χ1n) is 13.7. The van der Waals surface area contributed by atoms with Crippen molar-refractivity contribution in [1.29, 1.82) is 0 Å². The van der Waals surface area contributed by atoms with Crippen LogP contribution in [0.15, 0.2) is 47.6 Å². The van der Waals surface area contributed by atoms with E-state index in [0.29, 0.717) is 24.3 Å². The van der Waals surface area contributed by atoms with E-state index < -0.39 is 27.4 Å². The number of alkyl halides is 3. The Labute approximate surface area is 228 Å². The fourth-order valence-electron chi connectivity index (χ4n) is 7.94. The number of aliphatic hydroxyl groups excluding tert-OH is 1. The standard InChI is InChI=1S/C29H38F3NO5S/c1-26-13-10-21(34)16-20(26)6-9-23-24(26)11-14-27(2)25(23)12-15-28(27,35)18-33(39(3,36)37)17-19-4-7-22(8-5-19)38-29(30,31)32/h4-9,21,24-25,34-35H,10-18H2,1-3H3/t21-,24-,25-,26-,27-,28+/m0/s1. The first kappa shape index (κ1) is 28.6. The molecule has 1 aromatic rings. The van der Waals surface area contributed by atoms with Gasteiger partial charge in [-0.1, -0.05) is 49.3 Å². The highest BCUT2D eigenvalue weighted by atomic mass is 32.2. The first-order valence-corrected chi connectivity index (χ1v) is 15.5. The number of ether oxygens (including phenoxy) is 1. The van der Waals surface area contributed by atoms with Gasteiger partial charge in [-0.2, -0.15) is 4.31 Å². The molecule has 0 bridgehead atoms. The maximum Gasteiger partial charge on any atom is 0.573 e. The minimum atomic E-state index is -4.81. The van der Waals surface area contributed by atoms with Crippen molar-refractivity contribution in [2.45, 2.75) is 83.4 Å². The molecule has 0 amide bonds. The minimum Gasteiger partial charge on any atom is -0.406 e. The molecule has 0 aromatic heterocycles. The van der Waals surface area contributed by atoms with E-state index in [9.17, 15) is 31.8 Å². The summed E-state index contributed by atoms with van der Waals surface area (Å²) in [6, 6.07) is 5.14. The zero-order chi connectivity index (χ0) is 28.4. The summed E-state index contributed by atoms with van der Waals surface area (Å²) in [5.74, 6) is 0.106. The van der Waals surface area contributed by atoms with E-state index in [1.807, 2.05) is 0 Å². The van der Waals surface area contributed by atoms with Crippen LogP contribution >= 0.6 is 0 Å². The Bertz CT molecular complexity index is 1280. The molecule has 0 radical (unpaired) electrons. The molecule has 0 aliphatic heterocycles. The monoisotopic (exact) mass is 569 g/mol. The molecule has 4 aliphatic carbocycles. The van der Waals surface area contributed by atoms with Gasteiger partial charge in [0.1, 0.15) is 5.75 Å². The van der Waals surface area contributed by atoms with Gasteiger partial charge in [0.15, 0.2) is 0 Å². The third kappa shape index (κ3) is 5.18. The normalized spacial score (nSPS) is 36.5. The van der Waals surface area contributed by atoms with Crippen LogP contribution in [0.5, 0.6) is 5.75 Å². The number of rotatable bonds is 6. The van der Waals surface area contributed by atoms with E-state index in [4.69, 9.17) is 0 Å². The van der Waals surface area contributed by atoms with Crippen LogP contribution < -0.4 is 4.74 Å². The predicted octanol–water partition coefficient (Wildman–Crippen LogP) is 5.32. The van der Waals surface area contributed by atoms with Gasteiger partial charge in [-0.05, 0) is 79.9 Å². The molecule has 0 heterocycles. The highest BCUT2D eigenvalue weighted by molar-refractivity contribution is 7.88. The number of allylic oxidation sites excluding steroid dienone is 3. The van der Waals surface area contributed by atoms with Gasteiger partial charge in [-0.3, -0.25) is 0 Å². The molecule has 5 rings (SSSR count). The van der Waals surface area contributed by atoms with Crippen LogP contribution in [0.25, 0.3) is 0 Å². The van der Waals surface area contributed by atoms with Gasteiger partial charge >= 0.3 is 6.36 Å². The van der Waals surface area contributed by atoms with Gasteiger partial charge in [-0.15, -0.1) is 13.2 Å². The van der Waals surface area contributed by atoms with Crippen molar-refractivity contribution in [3.05, 3.63) is 53.1 Å². The van der Waals surface area contributed by atoms with E-state index in [1.54, 1.807) is 0 Å². The van der Waals surface area contributed by atoms with Crippen LogP contribution in [0, 0.1) is 22.7 Å². The van der Waals surface area contributed by atoms with Gasteiger partial charge in [-0.25, -0.2) is 8.42 Å². The van der Waals surface area contributed by atoms with E-state index in [2.05, 4.69) is 30.7 Å². The van der Waals surface area contributed by atoms with Gasteiger partial charge in [0, 0.05) is 18.5 Å². The van der Waals surface area contributed by atoms with Gasteiger partial charge in [0.05, 0.1) is 18.0 Å². The van der Waals surface area contributed by atoms with E-state index in [0.717, 1.165) is 50.5 Å². The van der Waals surface area contributed by atoms with Gasteiger partial charge in [0.2, 0.25) is 10.0 Å². The summed E-state index contributed by atoms with van der Waals surface area (Å²) >= 11 is 0. The Kier molecular flexibility index (Phi) is 7.05. The maximum absolute atomic E-state index is 12.8. The Morgan fingerprint density at radius 3 is 2.33 bits per heavy atom. The van der Waals surface area contributed by atoms with Crippen LogP contribution in [0.3, 0.4) is 0 Å². The molecular weight excluding hydrogens is 531 g/mol. The van der Waals surface area contributed by atoms with Crippen LogP contribution in [0.2, 0.25) is 0 Å². The van der Waals surface area contributed by atoms with E-state index >= 15 is 0 Å². The summed E-state index contributed by atoms with van der Waals surface area (Å²) in [5.41, 5.74) is 1.39. The minimum absolute atomic E-state index is 0.00609. The maximum atomic E-state index is 12.8. The molecule has 6 nitrogen and oxygen atoms in total. The second kappa shape index (κ2) is 9.60. The van der Waals surface area contributed by atoms with Crippen LogP contribution in [0.4, 0.5) is 13.2 Å². The second-order valence-corrected chi connectivity index (χ2v) is 14.5. The molecule has 10 heteroatoms. The van der Waals surface area contributed by atoms with Crippen LogP contribution in [-0.4, -0.2) is 53.8 Å². The summed E-state index contributed by atoms with van der Waals surface area (Å²) in [4.78, 5) is 0. The lowest BCUT2D eigenvalue weighted by atomic mass is 9.50. The quantitative estimate of drug-likeness (QED) is 0.484. The van der Waals surface area contributed by atoms with Crippen molar-refractivity contribution in [3.63, 3.8) is 0 Å². The molecule has 1 aromatic carbocycles. The number of halogens is 3. The summed E-state index contributed by atoms with van der Waals surface area (Å²) in [5, 5.41) is 22.4. The van der Waals surface area contributed by atoms with Crippen LogP contribution in [-0.2, 0) is 16.6 Å². The van der Waals surface area contributed by atoms with Crippen molar-refractivity contribution in [3.8, 4) is 5.75 Å². The number of fused-ring (bicyclic) bond motifs is 5.